The van der Waals surface area contributed by atoms with Gasteiger partial charge in [-0.05, 0) is 58.2 Å². The number of hydrogen-bond acceptors (Lipinski definition) is 3. The first-order chi connectivity index (χ1) is 19.3. The first-order valence-corrected chi connectivity index (χ1v) is 13.3. The number of hydrogen-bond donors (Lipinski definition) is 0. The fourth-order valence-electron chi connectivity index (χ4n) is 6.64. The van der Waals surface area contributed by atoms with Crippen molar-refractivity contribution in [3.8, 4) is 28.7 Å². The van der Waals surface area contributed by atoms with Crippen LogP contribution in [-0.4, -0.2) is 0 Å². The molecule has 1 aliphatic carbocycles. The van der Waals surface area contributed by atoms with Gasteiger partial charge in [0.25, 0.3) is 0 Å². The van der Waals surface area contributed by atoms with E-state index < -0.39 is 5.41 Å². The molecule has 0 saturated heterocycles. The molecule has 5 aromatic rings. The van der Waals surface area contributed by atoms with Gasteiger partial charge in [0.2, 0.25) is 0 Å². The van der Waals surface area contributed by atoms with Crippen LogP contribution in [0.5, 0.6) is 11.5 Å². The third kappa shape index (κ3) is 3.03. The molecule has 5 aromatic carbocycles. The zero-order chi connectivity index (χ0) is 26.0. The predicted molar refractivity (Wildman–Crippen MR) is 151 cm³/mol. The Labute approximate surface area is 227 Å². The molecular formula is C36H23NO2. The van der Waals surface area contributed by atoms with E-state index in [1.807, 2.05) is 30.3 Å². The normalized spacial score (nSPS) is 17.1. The average Bonchev–Trinajstić information content (AvgIpc) is 3.60. The van der Waals surface area contributed by atoms with Crippen LogP contribution in [0, 0.1) is 11.3 Å². The standard InChI is InChI=1S/C36H23NO2/c37-22-23-13-15-24(16-14-23)32-19-20-33(38-32)25-17-18-31-35(21-25)39-34-12-6-5-11-30(34)36(31)28-9-3-1-7-26(28)27-8-2-4-10-29(27)36/h1-18,20-21,32H,19H2. The quantitative estimate of drug-likeness (QED) is 0.238. The molecule has 3 nitrogen and oxygen atoms in total. The van der Waals surface area contributed by atoms with Crippen LogP contribution in [0.3, 0.4) is 0 Å². The Bertz CT molecular complexity index is 1810. The number of ether oxygens (including phenoxy) is 2. The lowest BCUT2D eigenvalue weighted by molar-refractivity contribution is 0.194. The second-order valence-electron chi connectivity index (χ2n) is 10.3. The van der Waals surface area contributed by atoms with Crippen molar-refractivity contribution in [1.82, 2.24) is 0 Å². The number of para-hydroxylation sites is 1. The molecule has 39 heavy (non-hydrogen) atoms. The number of benzene rings is 5. The summed E-state index contributed by atoms with van der Waals surface area (Å²) in [7, 11) is 0. The summed E-state index contributed by atoms with van der Waals surface area (Å²) in [5.74, 6) is 2.59. The molecule has 0 bridgehead atoms. The lowest BCUT2D eigenvalue weighted by Crippen LogP contribution is -2.32. The van der Waals surface area contributed by atoms with E-state index in [1.54, 1.807) is 0 Å². The minimum atomic E-state index is -0.453. The van der Waals surface area contributed by atoms with Crippen molar-refractivity contribution in [3.05, 3.63) is 160 Å². The van der Waals surface area contributed by atoms with E-state index >= 15 is 0 Å². The van der Waals surface area contributed by atoms with Gasteiger partial charge >= 0.3 is 0 Å². The fraction of sp³-hybridized carbons (Fsp3) is 0.0833. The summed E-state index contributed by atoms with van der Waals surface area (Å²) < 4.78 is 13.0. The Morgan fingerprint density at radius 2 is 1.31 bits per heavy atom. The van der Waals surface area contributed by atoms with Crippen LogP contribution >= 0.6 is 0 Å². The zero-order valence-corrected chi connectivity index (χ0v) is 21.1. The molecule has 1 spiro atoms. The second kappa shape index (κ2) is 8.21. The van der Waals surface area contributed by atoms with Gasteiger partial charge in [-0.1, -0.05) is 91.0 Å². The summed E-state index contributed by atoms with van der Waals surface area (Å²) in [6, 6.07) is 42.3. The van der Waals surface area contributed by atoms with Crippen molar-refractivity contribution < 1.29 is 9.47 Å². The third-order valence-electron chi connectivity index (χ3n) is 8.33. The lowest BCUT2D eigenvalue weighted by Gasteiger charge is -2.39. The minimum Gasteiger partial charge on any atom is -0.485 e. The molecule has 8 rings (SSSR count). The largest absolute Gasteiger partial charge is 0.485 e. The molecule has 1 atom stereocenters. The van der Waals surface area contributed by atoms with Gasteiger partial charge in [0, 0.05) is 23.1 Å². The van der Waals surface area contributed by atoms with Crippen LogP contribution in [0.15, 0.2) is 121 Å². The smallest absolute Gasteiger partial charge is 0.132 e. The van der Waals surface area contributed by atoms with Gasteiger partial charge in [-0.15, -0.1) is 0 Å². The molecule has 0 saturated carbocycles. The molecule has 3 aliphatic rings. The summed E-state index contributed by atoms with van der Waals surface area (Å²) >= 11 is 0. The van der Waals surface area contributed by atoms with Gasteiger partial charge in [-0.25, -0.2) is 0 Å². The molecule has 184 valence electrons. The fourth-order valence-corrected chi connectivity index (χ4v) is 6.64. The zero-order valence-electron chi connectivity index (χ0n) is 21.1. The molecule has 0 N–H and O–H groups in total. The van der Waals surface area contributed by atoms with Gasteiger partial charge in [0.1, 0.15) is 23.4 Å². The average molecular weight is 502 g/mol. The van der Waals surface area contributed by atoms with E-state index in [4.69, 9.17) is 14.7 Å². The van der Waals surface area contributed by atoms with Crippen molar-refractivity contribution in [2.45, 2.75) is 17.9 Å². The number of nitrogens with zero attached hydrogens (tertiary/aromatic N) is 1. The van der Waals surface area contributed by atoms with Crippen LogP contribution in [0.4, 0.5) is 0 Å². The number of rotatable bonds is 2. The molecule has 1 unspecified atom stereocenters. The van der Waals surface area contributed by atoms with Crippen molar-refractivity contribution in [1.29, 1.82) is 5.26 Å². The highest BCUT2D eigenvalue weighted by atomic mass is 16.5. The SMILES string of the molecule is N#Cc1ccc(C2CC=C(c3ccc4c(c3)Oc3ccccc3C43c4ccccc4-c4ccccc43)O2)cc1. The van der Waals surface area contributed by atoms with Crippen LogP contribution in [0.1, 0.15) is 51.5 Å². The van der Waals surface area contributed by atoms with E-state index in [1.165, 1.54) is 27.8 Å². The van der Waals surface area contributed by atoms with Crippen LogP contribution < -0.4 is 4.74 Å². The molecule has 3 heteroatoms. The molecular weight excluding hydrogens is 478 g/mol. The van der Waals surface area contributed by atoms with Crippen molar-refractivity contribution in [2.24, 2.45) is 0 Å². The summed E-state index contributed by atoms with van der Waals surface area (Å²) in [5, 5.41) is 9.12. The Morgan fingerprint density at radius 3 is 2.03 bits per heavy atom. The van der Waals surface area contributed by atoms with Crippen LogP contribution in [0.2, 0.25) is 0 Å². The summed E-state index contributed by atoms with van der Waals surface area (Å²) in [5.41, 5.74) is 9.69. The maximum Gasteiger partial charge on any atom is 0.132 e. The lowest BCUT2D eigenvalue weighted by atomic mass is 9.66. The van der Waals surface area contributed by atoms with Crippen LogP contribution in [-0.2, 0) is 10.2 Å². The van der Waals surface area contributed by atoms with Crippen LogP contribution in [0.25, 0.3) is 16.9 Å². The van der Waals surface area contributed by atoms with Crippen molar-refractivity contribution in [3.63, 3.8) is 0 Å². The molecule has 0 aromatic heterocycles. The molecule has 0 amide bonds. The maximum atomic E-state index is 9.12. The number of fused-ring (bicyclic) bond motifs is 9. The maximum absolute atomic E-state index is 9.12. The first kappa shape index (κ1) is 22.0. The Hall–Kier alpha value is -5.07. The van der Waals surface area contributed by atoms with Gasteiger partial charge < -0.3 is 9.47 Å². The summed E-state index contributed by atoms with van der Waals surface area (Å²) in [6.45, 7) is 0. The summed E-state index contributed by atoms with van der Waals surface area (Å²) in [6.07, 6.45) is 2.87. The van der Waals surface area contributed by atoms with Gasteiger partial charge in [0.05, 0.1) is 17.0 Å². The second-order valence-corrected chi connectivity index (χ2v) is 10.3. The molecule has 2 heterocycles. The molecule has 0 radical (unpaired) electrons. The monoisotopic (exact) mass is 501 g/mol. The van der Waals surface area contributed by atoms with E-state index in [-0.39, 0.29) is 6.10 Å². The Kier molecular flexibility index (Phi) is 4.63. The minimum absolute atomic E-state index is 0.0645. The highest BCUT2D eigenvalue weighted by Crippen LogP contribution is 2.62. The topological polar surface area (TPSA) is 42.2 Å². The van der Waals surface area contributed by atoms with Crippen molar-refractivity contribution >= 4 is 5.76 Å². The highest BCUT2D eigenvalue weighted by Gasteiger charge is 2.50. The van der Waals surface area contributed by atoms with Crippen molar-refractivity contribution in [2.75, 3.05) is 0 Å². The van der Waals surface area contributed by atoms with E-state index in [2.05, 4.69) is 97.1 Å². The first-order valence-electron chi connectivity index (χ1n) is 13.3. The van der Waals surface area contributed by atoms with E-state index in [0.29, 0.717) is 5.56 Å². The van der Waals surface area contributed by atoms with E-state index in [0.717, 1.165) is 40.4 Å². The van der Waals surface area contributed by atoms with Gasteiger partial charge in [-0.2, -0.15) is 5.26 Å². The predicted octanol–water partition coefficient (Wildman–Crippen LogP) is 8.53. The summed E-state index contributed by atoms with van der Waals surface area (Å²) in [4.78, 5) is 0. The van der Waals surface area contributed by atoms with E-state index in [9.17, 15) is 0 Å². The van der Waals surface area contributed by atoms with Gasteiger partial charge in [-0.3, -0.25) is 0 Å². The Balaban J connectivity index is 1.26. The highest BCUT2D eigenvalue weighted by molar-refractivity contribution is 5.88. The molecule has 0 fully saturated rings. The molecule has 2 aliphatic heterocycles. The number of nitriles is 1. The third-order valence-corrected chi connectivity index (χ3v) is 8.33. The van der Waals surface area contributed by atoms with Gasteiger partial charge in [0.15, 0.2) is 0 Å². The Morgan fingerprint density at radius 1 is 0.667 bits per heavy atom.